The Kier molecular flexibility index (Phi) is 2.82. The van der Waals surface area contributed by atoms with Crippen LogP contribution in [0.3, 0.4) is 0 Å². The molecule has 0 aliphatic carbocycles. The van der Waals surface area contributed by atoms with Gasteiger partial charge in [0.25, 0.3) is 0 Å². The normalized spacial score (nSPS) is 10.6. The summed E-state index contributed by atoms with van der Waals surface area (Å²) < 4.78 is 7.95. The number of hydrogen-bond acceptors (Lipinski definition) is 4. The summed E-state index contributed by atoms with van der Waals surface area (Å²) in [5, 5.41) is 10.4. The quantitative estimate of drug-likeness (QED) is 0.591. The minimum Gasteiger partial charge on any atom is -0.404 e. The molecule has 2 aromatic rings. The monoisotopic (exact) mass is 237 g/mol. The Morgan fingerprint density at radius 3 is 2.59 bits per heavy atom. The molecule has 0 atom stereocenters. The van der Waals surface area contributed by atoms with E-state index in [2.05, 4.69) is 0 Å². The summed E-state index contributed by atoms with van der Waals surface area (Å²) >= 11 is 0. The summed E-state index contributed by atoms with van der Waals surface area (Å²) in [5.74, 6) is 0.0654. The van der Waals surface area contributed by atoms with E-state index in [0.717, 1.165) is 0 Å². The van der Waals surface area contributed by atoms with E-state index in [1.807, 2.05) is 6.92 Å². The number of aryl methyl sites for hydroxylation is 1. The lowest BCUT2D eigenvalue weighted by Gasteiger charge is -1.97. The SMILES string of the molecule is CCn1ccn(Cc2ccc([N+](=O)[O-])o2)c1=O. The van der Waals surface area contributed by atoms with Crippen LogP contribution in [0.4, 0.5) is 5.88 Å². The summed E-state index contributed by atoms with van der Waals surface area (Å²) in [4.78, 5) is 21.5. The molecular formula is C10H11N3O4. The molecule has 7 heteroatoms. The summed E-state index contributed by atoms with van der Waals surface area (Å²) in [5.41, 5.74) is -0.161. The van der Waals surface area contributed by atoms with Gasteiger partial charge in [0.15, 0.2) is 0 Å². The molecule has 0 aliphatic rings. The van der Waals surface area contributed by atoms with Crippen LogP contribution in [0.25, 0.3) is 0 Å². The van der Waals surface area contributed by atoms with Crippen LogP contribution >= 0.6 is 0 Å². The third-order valence-electron chi connectivity index (χ3n) is 2.41. The minimum atomic E-state index is -0.608. The van der Waals surface area contributed by atoms with Crippen molar-refractivity contribution in [3.05, 3.63) is 50.9 Å². The Balaban J connectivity index is 2.22. The Hall–Kier alpha value is -2.31. The average Bonchev–Trinajstić information content (AvgIpc) is 2.88. The first kappa shape index (κ1) is 11.2. The predicted octanol–water partition coefficient (Wildman–Crippen LogP) is 1.22. The van der Waals surface area contributed by atoms with E-state index in [4.69, 9.17) is 4.42 Å². The average molecular weight is 237 g/mol. The third kappa shape index (κ3) is 2.12. The Morgan fingerprint density at radius 2 is 2.06 bits per heavy atom. The molecule has 7 nitrogen and oxygen atoms in total. The van der Waals surface area contributed by atoms with E-state index in [-0.39, 0.29) is 18.1 Å². The van der Waals surface area contributed by atoms with Crippen molar-refractivity contribution in [2.45, 2.75) is 20.0 Å². The van der Waals surface area contributed by atoms with Crippen molar-refractivity contribution >= 4 is 5.88 Å². The number of furan rings is 1. The van der Waals surface area contributed by atoms with Crippen molar-refractivity contribution in [1.29, 1.82) is 0 Å². The van der Waals surface area contributed by atoms with Crippen LogP contribution in [0.15, 0.2) is 33.7 Å². The smallest absolute Gasteiger partial charge is 0.404 e. The van der Waals surface area contributed by atoms with E-state index in [9.17, 15) is 14.9 Å². The number of rotatable bonds is 4. The number of imidazole rings is 1. The first-order chi connectivity index (χ1) is 8.11. The van der Waals surface area contributed by atoms with Gasteiger partial charge in [0.1, 0.15) is 10.7 Å². The largest absolute Gasteiger partial charge is 0.433 e. The second-order valence-corrected chi connectivity index (χ2v) is 3.49. The van der Waals surface area contributed by atoms with E-state index in [1.54, 1.807) is 12.4 Å². The van der Waals surface area contributed by atoms with Gasteiger partial charge in [-0.1, -0.05) is 0 Å². The summed E-state index contributed by atoms with van der Waals surface area (Å²) in [7, 11) is 0. The molecule has 0 unspecified atom stereocenters. The maximum Gasteiger partial charge on any atom is 0.433 e. The number of hydrogen-bond donors (Lipinski definition) is 0. The van der Waals surface area contributed by atoms with E-state index < -0.39 is 4.92 Å². The number of nitro groups is 1. The molecule has 2 aromatic heterocycles. The fraction of sp³-hybridized carbons (Fsp3) is 0.300. The Labute approximate surface area is 96.0 Å². The van der Waals surface area contributed by atoms with Crippen molar-refractivity contribution in [2.75, 3.05) is 0 Å². The van der Waals surface area contributed by atoms with Gasteiger partial charge < -0.3 is 4.42 Å². The maximum absolute atomic E-state index is 11.7. The minimum absolute atomic E-state index is 0.161. The zero-order valence-corrected chi connectivity index (χ0v) is 9.20. The zero-order valence-electron chi connectivity index (χ0n) is 9.20. The van der Waals surface area contributed by atoms with Crippen LogP contribution in [0.2, 0.25) is 0 Å². The van der Waals surface area contributed by atoms with Crippen molar-refractivity contribution < 1.29 is 9.34 Å². The molecule has 0 aromatic carbocycles. The zero-order chi connectivity index (χ0) is 12.4. The van der Waals surface area contributed by atoms with Gasteiger partial charge in [0, 0.05) is 18.9 Å². The molecule has 0 bridgehead atoms. The van der Waals surface area contributed by atoms with Crippen LogP contribution in [0.1, 0.15) is 12.7 Å². The van der Waals surface area contributed by atoms with Crippen LogP contribution in [-0.2, 0) is 13.1 Å². The molecule has 0 aliphatic heterocycles. The molecule has 0 fully saturated rings. The topological polar surface area (TPSA) is 83.2 Å². The number of nitrogens with zero attached hydrogens (tertiary/aromatic N) is 3. The van der Waals surface area contributed by atoms with Gasteiger partial charge in [-0.2, -0.15) is 0 Å². The van der Waals surface area contributed by atoms with Gasteiger partial charge in [0.05, 0.1) is 12.6 Å². The summed E-state index contributed by atoms with van der Waals surface area (Å²) in [6, 6.07) is 2.77. The second kappa shape index (κ2) is 4.28. The molecular weight excluding hydrogens is 226 g/mol. The fourth-order valence-electron chi connectivity index (χ4n) is 1.53. The summed E-state index contributed by atoms with van der Waals surface area (Å²) in [6.45, 7) is 2.65. The van der Waals surface area contributed by atoms with Crippen LogP contribution < -0.4 is 5.69 Å². The first-order valence-corrected chi connectivity index (χ1v) is 5.10. The standard InChI is InChI=1S/C10H11N3O4/c1-2-11-5-6-12(10(11)14)7-8-3-4-9(17-8)13(15)16/h3-6H,2,7H2,1H3. The van der Waals surface area contributed by atoms with Gasteiger partial charge in [-0.25, -0.2) is 4.79 Å². The molecule has 0 saturated carbocycles. The Bertz CT molecular complexity index is 593. The summed E-state index contributed by atoms with van der Waals surface area (Å²) in [6.07, 6.45) is 3.29. The highest BCUT2D eigenvalue weighted by molar-refractivity contribution is 5.17. The van der Waals surface area contributed by atoms with Gasteiger partial charge >= 0.3 is 11.6 Å². The highest BCUT2D eigenvalue weighted by atomic mass is 16.6. The van der Waals surface area contributed by atoms with Gasteiger partial charge in [-0.05, 0) is 13.0 Å². The molecule has 17 heavy (non-hydrogen) atoms. The van der Waals surface area contributed by atoms with Crippen LogP contribution in [0, 0.1) is 10.1 Å². The second-order valence-electron chi connectivity index (χ2n) is 3.49. The van der Waals surface area contributed by atoms with Crippen molar-refractivity contribution in [3.63, 3.8) is 0 Å². The third-order valence-corrected chi connectivity index (χ3v) is 2.41. The predicted molar refractivity (Wildman–Crippen MR) is 58.8 cm³/mol. The highest BCUT2D eigenvalue weighted by Crippen LogP contribution is 2.15. The lowest BCUT2D eigenvalue weighted by Crippen LogP contribution is -2.23. The fourth-order valence-corrected chi connectivity index (χ4v) is 1.53. The Morgan fingerprint density at radius 1 is 1.35 bits per heavy atom. The van der Waals surface area contributed by atoms with Gasteiger partial charge in [0.2, 0.25) is 0 Å². The maximum atomic E-state index is 11.7. The van der Waals surface area contributed by atoms with Gasteiger partial charge in [-0.15, -0.1) is 0 Å². The lowest BCUT2D eigenvalue weighted by atomic mass is 10.4. The first-order valence-electron chi connectivity index (χ1n) is 5.10. The van der Waals surface area contributed by atoms with Gasteiger partial charge in [-0.3, -0.25) is 19.2 Å². The molecule has 0 amide bonds. The van der Waals surface area contributed by atoms with Crippen molar-refractivity contribution in [2.24, 2.45) is 0 Å². The molecule has 2 heterocycles. The number of aromatic nitrogens is 2. The van der Waals surface area contributed by atoms with E-state index in [0.29, 0.717) is 12.3 Å². The van der Waals surface area contributed by atoms with Crippen molar-refractivity contribution in [1.82, 2.24) is 9.13 Å². The molecule has 2 rings (SSSR count). The molecule has 0 saturated heterocycles. The molecule has 90 valence electrons. The molecule has 0 spiro atoms. The van der Waals surface area contributed by atoms with E-state index >= 15 is 0 Å². The van der Waals surface area contributed by atoms with Crippen LogP contribution in [-0.4, -0.2) is 14.1 Å². The van der Waals surface area contributed by atoms with Crippen molar-refractivity contribution in [3.8, 4) is 0 Å². The lowest BCUT2D eigenvalue weighted by molar-refractivity contribution is -0.402. The van der Waals surface area contributed by atoms with E-state index in [1.165, 1.54) is 21.3 Å². The molecule has 0 N–H and O–H groups in total. The highest BCUT2D eigenvalue weighted by Gasteiger charge is 2.12. The molecule has 0 radical (unpaired) electrons. The van der Waals surface area contributed by atoms with Crippen LogP contribution in [0.5, 0.6) is 0 Å².